The SMILES string of the molecule is CCCCc1ccc(C(F)(F)Oc2ccc(C(F)(F)Oc3cc(F)c(C(F)(F)F)c(F)c3)cc2)cc1. The van der Waals surface area contributed by atoms with Crippen LogP contribution >= 0.6 is 0 Å². The first kappa shape index (κ1) is 27.2. The fraction of sp³-hybridized carbons (Fsp3) is 0.280. The molecule has 2 nitrogen and oxygen atoms in total. The lowest BCUT2D eigenvalue weighted by atomic mass is 10.1. The van der Waals surface area contributed by atoms with Crippen LogP contribution < -0.4 is 9.47 Å². The van der Waals surface area contributed by atoms with Crippen molar-refractivity contribution in [1.29, 1.82) is 0 Å². The summed E-state index contributed by atoms with van der Waals surface area (Å²) in [5.41, 5.74) is -2.77. The smallest absolute Gasteiger partial charge is 0.426 e. The fourth-order valence-corrected chi connectivity index (χ4v) is 3.26. The summed E-state index contributed by atoms with van der Waals surface area (Å²) in [6.07, 6.45) is -10.9. The fourth-order valence-electron chi connectivity index (χ4n) is 3.26. The lowest BCUT2D eigenvalue weighted by Crippen LogP contribution is -2.23. The minimum atomic E-state index is -5.38. The average Bonchev–Trinajstić information content (AvgIpc) is 2.76. The summed E-state index contributed by atoms with van der Waals surface area (Å²) < 4.78 is 132. The highest BCUT2D eigenvalue weighted by Crippen LogP contribution is 2.39. The summed E-state index contributed by atoms with van der Waals surface area (Å²) in [5, 5.41) is 0. The molecule has 11 heteroatoms. The van der Waals surface area contributed by atoms with Crippen LogP contribution in [0.1, 0.15) is 42.0 Å². The van der Waals surface area contributed by atoms with Crippen LogP contribution in [0, 0.1) is 11.6 Å². The van der Waals surface area contributed by atoms with Crippen LogP contribution in [0.25, 0.3) is 0 Å². The number of hydrogen-bond acceptors (Lipinski definition) is 2. The molecule has 0 aromatic heterocycles. The van der Waals surface area contributed by atoms with Crippen molar-refractivity contribution in [2.75, 3.05) is 0 Å². The van der Waals surface area contributed by atoms with Crippen molar-refractivity contribution in [1.82, 2.24) is 0 Å². The molecule has 0 bridgehead atoms. The molecular formula is C25H19F9O2. The van der Waals surface area contributed by atoms with Crippen molar-refractivity contribution in [3.05, 3.63) is 94.6 Å². The Hall–Kier alpha value is -3.37. The Bertz CT molecular complexity index is 1150. The largest absolute Gasteiger partial charge is 0.429 e. The molecule has 0 N–H and O–H groups in total. The van der Waals surface area contributed by atoms with E-state index in [1.807, 2.05) is 6.92 Å². The zero-order valence-corrected chi connectivity index (χ0v) is 18.6. The molecule has 0 aliphatic heterocycles. The maximum absolute atomic E-state index is 14.5. The van der Waals surface area contributed by atoms with Crippen LogP contribution in [0.2, 0.25) is 0 Å². The number of alkyl halides is 7. The molecule has 36 heavy (non-hydrogen) atoms. The van der Waals surface area contributed by atoms with E-state index in [2.05, 4.69) is 9.47 Å². The average molecular weight is 522 g/mol. The van der Waals surface area contributed by atoms with Gasteiger partial charge in [-0.15, -0.1) is 0 Å². The molecule has 0 unspecified atom stereocenters. The quantitative estimate of drug-likeness (QED) is 0.262. The molecule has 0 atom stereocenters. The second-order valence-corrected chi connectivity index (χ2v) is 7.82. The number of rotatable bonds is 9. The van der Waals surface area contributed by atoms with Crippen LogP contribution in [0.3, 0.4) is 0 Å². The number of ether oxygens (including phenoxy) is 2. The molecule has 194 valence electrons. The summed E-state index contributed by atoms with van der Waals surface area (Å²) in [6.45, 7) is 2.00. The van der Waals surface area contributed by atoms with E-state index in [-0.39, 0.29) is 12.1 Å². The molecule has 3 rings (SSSR count). The van der Waals surface area contributed by atoms with Crippen molar-refractivity contribution in [2.24, 2.45) is 0 Å². The second kappa shape index (κ2) is 10.3. The Morgan fingerprint density at radius 3 is 1.53 bits per heavy atom. The second-order valence-electron chi connectivity index (χ2n) is 7.82. The Morgan fingerprint density at radius 1 is 0.639 bits per heavy atom. The first-order valence-corrected chi connectivity index (χ1v) is 10.6. The minimum absolute atomic E-state index is 0.0363. The molecule has 0 spiro atoms. The van der Waals surface area contributed by atoms with Crippen LogP contribution in [0.15, 0.2) is 60.7 Å². The Labute approximate surface area is 200 Å². The van der Waals surface area contributed by atoms with Gasteiger partial charge in [0.05, 0.1) is 11.1 Å². The molecule has 3 aromatic rings. The van der Waals surface area contributed by atoms with Gasteiger partial charge in [-0.05, 0) is 54.8 Å². The first-order chi connectivity index (χ1) is 16.7. The van der Waals surface area contributed by atoms with Gasteiger partial charge in [-0.2, -0.15) is 30.7 Å². The van der Waals surface area contributed by atoms with Gasteiger partial charge in [0.1, 0.15) is 28.7 Å². The van der Waals surface area contributed by atoms with Crippen molar-refractivity contribution >= 4 is 0 Å². The van der Waals surface area contributed by atoms with Gasteiger partial charge in [0, 0.05) is 12.1 Å². The van der Waals surface area contributed by atoms with Gasteiger partial charge in [-0.25, -0.2) is 8.78 Å². The molecular weight excluding hydrogens is 503 g/mol. The number of halogens is 9. The molecule has 0 radical (unpaired) electrons. The van der Waals surface area contributed by atoms with Gasteiger partial charge in [-0.3, -0.25) is 0 Å². The third kappa shape index (κ3) is 6.44. The number of hydrogen-bond donors (Lipinski definition) is 0. The van der Waals surface area contributed by atoms with E-state index < -0.39 is 58.2 Å². The van der Waals surface area contributed by atoms with E-state index in [4.69, 9.17) is 0 Å². The maximum atomic E-state index is 14.5. The standard InChI is InChI=1S/C25H19F9O2/c1-2-3-4-15-5-7-16(8-6-15)24(31,32)35-18-11-9-17(10-12-18)25(33,34)36-19-13-20(26)22(21(27)14-19)23(28,29)30/h5-14H,2-4H2,1H3. The molecule has 0 saturated carbocycles. The highest BCUT2D eigenvalue weighted by molar-refractivity contribution is 5.35. The van der Waals surface area contributed by atoms with Crippen molar-refractivity contribution in [3.8, 4) is 11.5 Å². The van der Waals surface area contributed by atoms with E-state index >= 15 is 0 Å². The van der Waals surface area contributed by atoms with E-state index in [1.54, 1.807) is 0 Å². The van der Waals surface area contributed by atoms with Crippen LogP contribution in [0.5, 0.6) is 11.5 Å². The van der Waals surface area contributed by atoms with Crippen LogP contribution in [-0.2, 0) is 24.8 Å². The molecule has 3 aromatic carbocycles. The van der Waals surface area contributed by atoms with Crippen molar-refractivity contribution < 1.29 is 49.0 Å². The van der Waals surface area contributed by atoms with Gasteiger partial charge in [0.15, 0.2) is 0 Å². The first-order valence-electron chi connectivity index (χ1n) is 10.6. The molecule has 0 aliphatic carbocycles. The lowest BCUT2D eigenvalue weighted by Gasteiger charge is -2.21. The maximum Gasteiger partial charge on any atom is 0.426 e. The van der Waals surface area contributed by atoms with Gasteiger partial charge in [0.25, 0.3) is 0 Å². The summed E-state index contributed by atoms with van der Waals surface area (Å²) in [7, 11) is 0. The normalized spacial score (nSPS) is 12.5. The highest BCUT2D eigenvalue weighted by atomic mass is 19.4. The van der Waals surface area contributed by atoms with Gasteiger partial charge in [0.2, 0.25) is 0 Å². The lowest BCUT2D eigenvalue weighted by molar-refractivity contribution is -0.187. The Morgan fingerprint density at radius 2 is 1.08 bits per heavy atom. The zero-order chi connectivity index (χ0) is 26.7. The van der Waals surface area contributed by atoms with Crippen molar-refractivity contribution in [3.63, 3.8) is 0 Å². The van der Waals surface area contributed by atoms with E-state index in [0.717, 1.165) is 37.0 Å². The van der Waals surface area contributed by atoms with Gasteiger partial charge in [-0.1, -0.05) is 25.5 Å². The third-order valence-electron chi connectivity index (χ3n) is 5.09. The van der Waals surface area contributed by atoms with E-state index in [1.165, 1.54) is 24.3 Å². The summed E-state index contributed by atoms with van der Waals surface area (Å²) in [4.78, 5) is 0. The predicted molar refractivity (Wildman–Crippen MR) is 112 cm³/mol. The van der Waals surface area contributed by atoms with Gasteiger partial charge < -0.3 is 9.47 Å². The molecule has 0 saturated heterocycles. The third-order valence-corrected chi connectivity index (χ3v) is 5.09. The summed E-state index contributed by atoms with van der Waals surface area (Å²) in [6, 6.07) is 8.32. The van der Waals surface area contributed by atoms with Gasteiger partial charge >= 0.3 is 18.4 Å². The molecule has 0 heterocycles. The van der Waals surface area contributed by atoms with E-state index in [0.29, 0.717) is 12.1 Å². The predicted octanol–water partition coefficient (Wildman–Crippen LogP) is 8.58. The monoisotopic (exact) mass is 522 g/mol. The molecule has 0 amide bonds. The Balaban J connectivity index is 1.73. The number of benzene rings is 3. The number of unbranched alkanes of at least 4 members (excludes halogenated alkanes) is 1. The Kier molecular flexibility index (Phi) is 7.80. The molecule has 0 fully saturated rings. The summed E-state index contributed by atoms with van der Waals surface area (Å²) in [5.74, 6) is -5.96. The summed E-state index contributed by atoms with van der Waals surface area (Å²) >= 11 is 0. The zero-order valence-electron chi connectivity index (χ0n) is 18.6. The van der Waals surface area contributed by atoms with Crippen molar-refractivity contribution in [2.45, 2.75) is 44.6 Å². The van der Waals surface area contributed by atoms with Crippen LogP contribution in [0.4, 0.5) is 39.5 Å². The number of aryl methyl sites for hydroxylation is 1. The highest BCUT2D eigenvalue weighted by Gasteiger charge is 2.40. The van der Waals surface area contributed by atoms with E-state index in [9.17, 15) is 39.5 Å². The van der Waals surface area contributed by atoms with Crippen LogP contribution in [-0.4, -0.2) is 0 Å². The minimum Gasteiger partial charge on any atom is -0.429 e. The molecule has 0 aliphatic rings. The topological polar surface area (TPSA) is 18.5 Å².